The van der Waals surface area contributed by atoms with Crippen molar-refractivity contribution < 1.29 is 27.1 Å². The van der Waals surface area contributed by atoms with Crippen molar-refractivity contribution in [3.63, 3.8) is 0 Å². The largest absolute Gasteiger partial charge is 0.452 e. The SMILES string of the molecule is CCN(CC)S(=O)(=O)c1ccc(F)c(C(=O)OCC(=O)Nc2cc(C)cc(C)c2)c1. The van der Waals surface area contributed by atoms with Gasteiger partial charge in [0.15, 0.2) is 6.61 Å². The van der Waals surface area contributed by atoms with Crippen LogP contribution in [0.5, 0.6) is 0 Å². The van der Waals surface area contributed by atoms with E-state index in [1.807, 2.05) is 19.9 Å². The summed E-state index contributed by atoms with van der Waals surface area (Å²) in [5, 5.41) is 2.60. The second-order valence-electron chi connectivity index (χ2n) is 6.73. The van der Waals surface area contributed by atoms with Crippen LogP contribution in [0.3, 0.4) is 0 Å². The van der Waals surface area contributed by atoms with Crippen LogP contribution in [0.2, 0.25) is 0 Å². The zero-order valence-corrected chi connectivity index (χ0v) is 18.2. The Labute approximate surface area is 175 Å². The highest BCUT2D eigenvalue weighted by molar-refractivity contribution is 7.89. The number of sulfonamides is 1. The van der Waals surface area contributed by atoms with Gasteiger partial charge >= 0.3 is 5.97 Å². The number of halogens is 1. The predicted octanol–water partition coefficient (Wildman–Crippen LogP) is 3.27. The third-order valence-electron chi connectivity index (χ3n) is 4.34. The van der Waals surface area contributed by atoms with Gasteiger partial charge in [-0.25, -0.2) is 17.6 Å². The normalized spacial score (nSPS) is 11.4. The van der Waals surface area contributed by atoms with Crippen LogP contribution in [-0.4, -0.2) is 44.3 Å². The molecule has 1 N–H and O–H groups in total. The molecule has 0 saturated carbocycles. The van der Waals surface area contributed by atoms with Gasteiger partial charge in [-0.3, -0.25) is 4.79 Å². The van der Waals surface area contributed by atoms with Gasteiger partial charge in [0.25, 0.3) is 5.91 Å². The Hall–Kier alpha value is -2.78. The number of rotatable bonds is 8. The lowest BCUT2D eigenvalue weighted by molar-refractivity contribution is -0.119. The van der Waals surface area contributed by atoms with E-state index in [4.69, 9.17) is 4.74 Å². The quantitative estimate of drug-likeness (QED) is 0.641. The number of anilines is 1. The van der Waals surface area contributed by atoms with Gasteiger partial charge in [-0.05, 0) is 55.3 Å². The number of esters is 1. The lowest BCUT2D eigenvalue weighted by Gasteiger charge is -2.18. The van der Waals surface area contributed by atoms with E-state index < -0.39 is 39.9 Å². The van der Waals surface area contributed by atoms with Crippen LogP contribution in [0.25, 0.3) is 0 Å². The maximum absolute atomic E-state index is 14.1. The number of hydrogen-bond donors (Lipinski definition) is 1. The van der Waals surface area contributed by atoms with Crippen LogP contribution in [0.4, 0.5) is 10.1 Å². The molecule has 9 heteroatoms. The Morgan fingerprint density at radius 1 is 1.03 bits per heavy atom. The molecule has 2 aromatic carbocycles. The first-order valence-corrected chi connectivity index (χ1v) is 10.9. The summed E-state index contributed by atoms with van der Waals surface area (Å²) >= 11 is 0. The van der Waals surface area contributed by atoms with Crippen molar-refractivity contribution in [3.05, 3.63) is 58.9 Å². The fourth-order valence-corrected chi connectivity index (χ4v) is 4.47. The molecule has 0 bridgehead atoms. The molecule has 7 nitrogen and oxygen atoms in total. The van der Waals surface area contributed by atoms with Crippen LogP contribution in [-0.2, 0) is 19.6 Å². The number of carbonyl (C=O) groups excluding carboxylic acids is 2. The van der Waals surface area contributed by atoms with Crippen LogP contribution in [0, 0.1) is 19.7 Å². The minimum absolute atomic E-state index is 0.223. The van der Waals surface area contributed by atoms with Crippen LogP contribution < -0.4 is 5.32 Å². The van der Waals surface area contributed by atoms with Gasteiger partial charge in [0, 0.05) is 18.8 Å². The fourth-order valence-electron chi connectivity index (χ4n) is 2.99. The predicted molar refractivity (Wildman–Crippen MR) is 111 cm³/mol. The van der Waals surface area contributed by atoms with Gasteiger partial charge in [-0.2, -0.15) is 4.31 Å². The summed E-state index contributed by atoms with van der Waals surface area (Å²) in [6.07, 6.45) is 0. The first kappa shape index (κ1) is 23.5. The molecule has 2 rings (SSSR count). The lowest BCUT2D eigenvalue weighted by Crippen LogP contribution is -2.30. The standard InChI is InChI=1S/C21H25FN2O5S/c1-5-24(6-2)30(27,28)17-7-8-19(22)18(12-17)21(26)29-13-20(25)23-16-10-14(3)9-15(4)11-16/h7-12H,5-6,13H2,1-4H3,(H,23,25). The molecule has 162 valence electrons. The molecule has 0 aliphatic heterocycles. The Morgan fingerprint density at radius 2 is 1.63 bits per heavy atom. The Kier molecular flexibility index (Phi) is 7.69. The molecule has 0 aliphatic carbocycles. The summed E-state index contributed by atoms with van der Waals surface area (Å²) in [7, 11) is -3.87. The summed E-state index contributed by atoms with van der Waals surface area (Å²) in [5.74, 6) is -2.66. The Bertz CT molecular complexity index is 1030. The van der Waals surface area contributed by atoms with E-state index in [0.717, 1.165) is 29.3 Å². The van der Waals surface area contributed by atoms with E-state index in [2.05, 4.69) is 5.32 Å². The smallest absolute Gasteiger partial charge is 0.341 e. The highest BCUT2D eigenvalue weighted by Crippen LogP contribution is 2.20. The molecule has 0 aromatic heterocycles. The van der Waals surface area contributed by atoms with E-state index in [1.54, 1.807) is 26.0 Å². The maximum atomic E-state index is 14.1. The second-order valence-corrected chi connectivity index (χ2v) is 8.67. The molecule has 0 radical (unpaired) electrons. The number of ether oxygens (including phenoxy) is 1. The fraction of sp³-hybridized carbons (Fsp3) is 0.333. The third kappa shape index (κ3) is 5.64. The molecule has 0 heterocycles. The molecule has 0 saturated heterocycles. The van der Waals surface area contributed by atoms with Gasteiger partial charge in [0.1, 0.15) is 5.82 Å². The highest BCUT2D eigenvalue weighted by Gasteiger charge is 2.25. The van der Waals surface area contributed by atoms with Gasteiger partial charge < -0.3 is 10.1 Å². The van der Waals surface area contributed by atoms with Crippen molar-refractivity contribution in [3.8, 4) is 0 Å². The molecule has 0 atom stereocenters. The van der Waals surface area contributed by atoms with Gasteiger partial charge in [-0.1, -0.05) is 19.9 Å². The molecule has 0 aliphatic rings. The second kappa shape index (κ2) is 9.82. The molecular formula is C21H25FN2O5S. The van der Waals surface area contributed by atoms with Gasteiger partial charge in [-0.15, -0.1) is 0 Å². The van der Waals surface area contributed by atoms with Gasteiger partial charge in [0.05, 0.1) is 10.5 Å². The average Bonchev–Trinajstić information content (AvgIpc) is 2.66. The lowest BCUT2D eigenvalue weighted by atomic mass is 10.1. The van der Waals surface area contributed by atoms with E-state index >= 15 is 0 Å². The molecule has 30 heavy (non-hydrogen) atoms. The molecule has 0 fully saturated rings. The van der Waals surface area contributed by atoms with Crippen molar-refractivity contribution in [2.24, 2.45) is 0 Å². The number of nitrogens with zero attached hydrogens (tertiary/aromatic N) is 1. The zero-order valence-electron chi connectivity index (χ0n) is 17.4. The first-order chi connectivity index (χ1) is 14.1. The molecule has 0 unspecified atom stereocenters. The zero-order chi connectivity index (χ0) is 22.5. The molecular weight excluding hydrogens is 411 g/mol. The number of hydrogen-bond acceptors (Lipinski definition) is 5. The van der Waals surface area contributed by atoms with Crippen molar-refractivity contribution in [2.75, 3.05) is 25.0 Å². The first-order valence-electron chi connectivity index (χ1n) is 9.43. The van der Waals surface area contributed by atoms with E-state index in [0.29, 0.717) is 5.69 Å². The van der Waals surface area contributed by atoms with Crippen molar-refractivity contribution in [1.29, 1.82) is 0 Å². The number of carbonyl (C=O) groups is 2. The van der Waals surface area contributed by atoms with Crippen molar-refractivity contribution in [1.82, 2.24) is 4.31 Å². The summed E-state index contributed by atoms with van der Waals surface area (Å²) in [6, 6.07) is 8.36. The van der Waals surface area contributed by atoms with E-state index in [1.165, 1.54) is 4.31 Å². The van der Waals surface area contributed by atoms with Crippen LogP contribution in [0.15, 0.2) is 41.3 Å². The number of aryl methyl sites for hydroxylation is 2. The summed E-state index contributed by atoms with van der Waals surface area (Å²) in [6.45, 7) is 6.93. The summed E-state index contributed by atoms with van der Waals surface area (Å²) < 4.78 is 45.4. The Morgan fingerprint density at radius 3 is 2.20 bits per heavy atom. The number of benzene rings is 2. The van der Waals surface area contributed by atoms with Crippen molar-refractivity contribution >= 4 is 27.6 Å². The topological polar surface area (TPSA) is 92.8 Å². The minimum Gasteiger partial charge on any atom is -0.452 e. The van der Waals surface area contributed by atoms with Gasteiger partial charge in [0.2, 0.25) is 10.0 Å². The van der Waals surface area contributed by atoms with Crippen LogP contribution >= 0.6 is 0 Å². The maximum Gasteiger partial charge on any atom is 0.341 e. The molecule has 2 aromatic rings. The minimum atomic E-state index is -3.87. The molecule has 1 amide bonds. The number of nitrogens with one attached hydrogen (secondary N) is 1. The van der Waals surface area contributed by atoms with E-state index in [9.17, 15) is 22.4 Å². The monoisotopic (exact) mass is 436 g/mol. The third-order valence-corrected chi connectivity index (χ3v) is 6.39. The highest BCUT2D eigenvalue weighted by atomic mass is 32.2. The Balaban J connectivity index is 2.12. The van der Waals surface area contributed by atoms with E-state index in [-0.39, 0.29) is 18.0 Å². The van der Waals surface area contributed by atoms with Crippen LogP contribution in [0.1, 0.15) is 35.3 Å². The average molecular weight is 437 g/mol. The summed E-state index contributed by atoms with van der Waals surface area (Å²) in [5.41, 5.74) is 1.90. The summed E-state index contributed by atoms with van der Waals surface area (Å²) in [4.78, 5) is 24.1. The molecule has 0 spiro atoms. The number of amides is 1. The van der Waals surface area contributed by atoms with Crippen molar-refractivity contribution in [2.45, 2.75) is 32.6 Å².